The Labute approximate surface area is 156 Å². The van der Waals surface area contributed by atoms with E-state index < -0.39 is 12.0 Å². The number of benzene rings is 1. The fourth-order valence-electron chi connectivity index (χ4n) is 2.65. The van der Waals surface area contributed by atoms with Crippen molar-refractivity contribution in [2.24, 2.45) is 4.99 Å². The van der Waals surface area contributed by atoms with Crippen LogP contribution < -0.4 is 0 Å². The van der Waals surface area contributed by atoms with Crippen molar-refractivity contribution in [2.75, 3.05) is 12.4 Å². The van der Waals surface area contributed by atoms with E-state index in [4.69, 9.17) is 11.6 Å². The summed E-state index contributed by atoms with van der Waals surface area (Å²) in [4.78, 5) is 22.6. The number of carboxylic acid groups (broad SMARTS) is 1. The zero-order valence-electron chi connectivity index (χ0n) is 12.6. The molecule has 1 aliphatic rings. The molecule has 1 atom stereocenters. The fraction of sp³-hybridized carbons (Fsp3) is 0.188. The van der Waals surface area contributed by atoms with Crippen molar-refractivity contribution in [1.29, 1.82) is 0 Å². The Morgan fingerprint density at radius 1 is 1.42 bits per heavy atom. The zero-order chi connectivity index (χ0) is 17.3. The van der Waals surface area contributed by atoms with Crippen molar-refractivity contribution in [2.45, 2.75) is 6.04 Å². The molecule has 0 aliphatic carbocycles. The summed E-state index contributed by atoms with van der Waals surface area (Å²) in [7, 11) is 1.83. The molecule has 8 heteroatoms. The molecule has 5 nitrogen and oxygen atoms in total. The summed E-state index contributed by atoms with van der Waals surface area (Å²) in [6.45, 7) is 0. The van der Waals surface area contributed by atoms with E-state index in [-0.39, 0.29) is 5.57 Å². The summed E-state index contributed by atoms with van der Waals surface area (Å²) in [6.07, 6.45) is 1.71. The Hall–Kier alpha value is -1.70. The Kier molecular flexibility index (Phi) is 5.03. The van der Waals surface area contributed by atoms with Crippen molar-refractivity contribution >= 4 is 50.7 Å². The quantitative estimate of drug-likeness (QED) is 0.752. The molecule has 2 heterocycles. The fourth-order valence-corrected chi connectivity index (χ4v) is 3.87. The molecule has 3 rings (SSSR count). The normalized spacial score (nSPS) is 17.9. The third kappa shape index (κ3) is 3.11. The van der Waals surface area contributed by atoms with Gasteiger partial charge in [0.05, 0.1) is 17.3 Å². The number of alkyl halides is 1. The highest BCUT2D eigenvalue weighted by molar-refractivity contribution is 9.09. The highest BCUT2D eigenvalue weighted by Gasteiger charge is 2.35. The predicted octanol–water partition coefficient (Wildman–Crippen LogP) is 3.96. The second-order valence-electron chi connectivity index (χ2n) is 5.14. The van der Waals surface area contributed by atoms with Gasteiger partial charge in [-0.25, -0.2) is 14.8 Å². The van der Waals surface area contributed by atoms with Crippen LogP contribution in [0.1, 0.15) is 16.6 Å². The number of aliphatic carboxylic acids is 1. The minimum Gasteiger partial charge on any atom is -0.478 e. The summed E-state index contributed by atoms with van der Waals surface area (Å²) < 4.78 is 0. The van der Waals surface area contributed by atoms with Crippen molar-refractivity contribution in [3.8, 4) is 0 Å². The van der Waals surface area contributed by atoms with Crippen molar-refractivity contribution < 1.29 is 9.90 Å². The van der Waals surface area contributed by atoms with Crippen molar-refractivity contribution in [1.82, 2.24) is 9.88 Å². The SMILES string of the molecule is CN1C(c2nccs2)=NC(CBr)=C(C(=O)O)C1c1ccc(Cl)cc1. The van der Waals surface area contributed by atoms with E-state index in [1.807, 2.05) is 29.5 Å². The Morgan fingerprint density at radius 2 is 2.12 bits per heavy atom. The molecule has 1 unspecified atom stereocenters. The average molecular weight is 427 g/mol. The molecule has 0 saturated carbocycles. The monoisotopic (exact) mass is 425 g/mol. The third-order valence-electron chi connectivity index (χ3n) is 3.71. The average Bonchev–Trinajstić information content (AvgIpc) is 3.09. The van der Waals surface area contributed by atoms with Gasteiger partial charge >= 0.3 is 5.97 Å². The number of likely N-dealkylation sites (N-methyl/N-ethyl adjacent to an activating group) is 1. The van der Waals surface area contributed by atoms with Crippen LogP contribution in [0.2, 0.25) is 5.02 Å². The number of thiazole rings is 1. The van der Waals surface area contributed by atoms with Gasteiger partial charge in [0.15, 0.2) is 10.8 Å². The minimum absolute atomic E-state index is 0.247. The maximum absolute atomic E-state index is 11.9. The molecular weight excluding hydrogens is 414 g/mol. The summed E-state index contributed by atoms with van der Waals surface area (Å²) in [5.41, 5.74) is 1.57. The van der Waals surface area contributed by atoms with Crippen molar-refractivity contribution in [3.05, 3.63) is 62.7 Å². The summed E-state index contributed by atoms with van der Waals surface area (Å²) >= 11 is 10.8. The molecule has 0 bridgehead atoms. The topological polar surface area (TPSA) is 65.8 Å². The molecule has 0 spiro atoms. The van der Waals surface area contributed by atoms with E-state index >= 15 is 0 Å². The maximum Gasteiger partial charge on any atom is 0.335 e. The van der Waals surface area contributed by atoms with Crippen LogP contribution in [0.4, 0.5) is 0 Å². The zero-order valence-corrected chi connectivity index (χ0v) is 15.8. The lowest BCUT2D eigenvalue weighted by Gasteiger charge is -2.35. The molecule has 0 saturated heterocycles. The number of carbonyl (C=O) groups is 1. The molecule has 0 fully saturated rings. The molecular formula is C16H13BrClN3O2S. The lowest BCUT2D eigenvalue weighted by atomic mass is 9.94. The third-order valence-corrected chi connectivity index (χ3v) is 5.27. The number of nitrogens with zero attached hydrogens (tertiary/aromatic N) is 3. The molecule has 1 aromatic heterocycles. The van der Waals surface area contributed by atoms with E-state index in [0.29, 0.717) is 21.9 Å². The highest BCUT2D eigenvalue weighted by atomic mass is 79.9. The van der Waals surface area contributed by atoms with Gasteiger partial charge < -0.3 is 10.0 Å². The van der Waals surface area contributed by atoms with Gasteiger partial charge in [0.25, 0.3) is 0 Å². The van der Waals surface area contributed by atoms with Crippen LogP contribution >= 0.6 is 38.9 Å². The molecule has 1 aliphatic heterocycles. The number of hydrogen-bond acceptors (Lipinski definition) is 5. The molecule has 24 heavy (non-hydrogen) atoms. The van der Waals surface area contributed by atoms with Gasteiger partial charge in [0.1, 0.15) is 0 Å². The minimum atomic E-state index is -0.988. The first kappa shape index (κ1) is 17.1. The van der Waals surface area contributed by atoms with Crippen LogP contribution in [-0.2, 0) is 4.79 Å². The first-order valence-corrected chi connectivity index (χ1v) is 9.40. The van der Waals surface area contributed by atoms with Crippen LogP contribution in [-0.4, -0.2) is 39.2 Å². The van der Waals surface area contributed by atoms with Gasteiger partial charge in [-0.1, -0.05) is 39.7 Å². The molecule has 124 valence electrons. The molecule has 1 aromatic carbocycles. The smallest absolute Gasteiger partial charge is 0.335 e. The second kappa shape index (κ2) is 7.04. The first-order chi connectivity index (χ1) is 11.5. The lowest BCUT2D eigenvalue weighted by Crippen LogP contribution is -2.38. The maximum atomic E-state index is 11.9. The van der Waals surface area contributed by atoms with E-state index in [9.17, 15) is 9.90 Å². The van der Waals surface area contributed by atoms with Gasteiger partial charge in [-0.15, -0.1) is 11.3 Å². The molecule has 0 radical (unpaired) electrons. The van der Waals surface area contributed by atoms with Gasteiger partial charge in [0, 0.05) is 29.0 Å². The van der Waals surface area contributed by atoms with Gasteiger partial charge in [-0.05, 0) is 17.7 Å². The summed E-state index contributed by atoms with van der Waals surface area (Å²) in [5.74, 6) is -0.331. The van der Waals surface area contributed by atoms with E-state index in [1.54, 1.807) is 18.3 Å². The van der Waals surface area contributed by atoms with Crippen LogP contribution in [0, 0.1) is 0 Å². The van der Waals surface area contributed by atoms with Gasteiger partial charge in [0.2, 0.25) is 0 Å². The standard InChI is InChI=1S/C16H13BrClN3O2S/c1-21-13(9-2-4-10(18)5-3-9)12(16(22)23)11(8-17)20-14(21)15-19-6-7-24-15/h2-7,13H,8H2,1H3,(H,22,23). The number of carboxylic acids is 1. The van der Waals surface area contributed by atoms with E-state index in [0.717, 1.165) is 10.6 Å². The molecule has 1 N–H and O–H groups in total. The van der Waals surface area contributed by atoms with Crippen LogP contribution in [0.15, 0.2) is 52.1 Å². The van der Waals surface area contributed by atoms with Gasteiger partial charge in [-0.3, -0.25) is 0 Å². The molecule has 2 aromatic rings. The van der Waals surface area contributed by atoms with Gasteiger partial charge in [-0.2, -0.15) is 0 Å². The number of hydrogen-bond donors (Lipinski definition) is 1. The number of rotatable bonds is 4. The van der Waals surface area contributed by atoms with Crippen LogP contribution in [0.25, 0.3) is 0 Å². The van der Waals surface area contributed by atoms with Crippen LogP contribution in [0.5, 0.6) is 0 Å². The highest BCUT2D eigenvalue weighted by Crippen LogP contribution is 2.36. The van der Waals surface area contributed by atoms with Crippen LogP contribution in [0.3, 0.4) is 0 Å². The van der Waals surface area contributed by atoms with E-state index in [2.05, 4.69) is 25.9 Å². The number of halogens is 2. The number of aromatic nitrogens is 1. The Bertz CT molecular complexity index is 818. The number of aliphatic imine (C=N–C) groups is 1. The largest absolute Gasteiger partial charge is 0.478 e. The van der Waals surface area contributed by atoms with E-state index in [1.165, 1.54) is 11.3 Å². The summed E-state index contributed by atoms with van der Waals surface area (Å²) in [6, 6.07) is 6.72. The lowest BCUT2D eigenvalue weighted by molar-refractivity contribution is -0.133. The Morgan fingerprint density at radius 3 is 2.67 bits per heavy atom. The Balaban J connectivity index is 2.18. The first-order valence-electron chi connectivity index (χ1n) is 7.02. The summed E-state index contributed by atoms with van der Waals surface area (Å²) in [5, 5.41) is 13.3. The molecule has 0 amide bonds. The van der Waals surface area contributed by atoms with Crippen molar-refractivity contribution in [3.63, 3.8) is 0 Å². The number of amidine groups is 1. The predicted molar refractivity (Wildman–Crippen MR) is 99.1 cm³/mol. The number of allylic oxidation sites excluding steroid dienone is 1. The second-order valence-corrected chi connectivity index (χ2v) is 7.03.